The van der Waals surface area contributed by atoms with E-state index in [9.17, 15) is 9.59 Å². The van der Waals surface area contributed by atoms with Crippen molar-refractivity contribution < 1.29 is 23.8 Å². The van der Waals surface area contributed by atoms with Gasteiger partial charge in [0.25, 0.3) is 0 Å². The zero-order chi connectivity index (χ0) is 18.5. The average molecular weight is 336 g/mol. The lowest BCUT2D eigenvalue weighted by Crippen LogP contribution is -2.47. The van der Waals surface area contributed by atoms with E-state index in [1.54, 1.807) is 20.8 Å². The van der Waals surface area contributed by atoms with E-state index in [-0.39, 0.29) is 13.0 Å². The Balaban J connectivity index is 2.95. The fourth-order valence-corrected chi connectivity index (χ4v) is 2.61. The molecule has 1 unspecified atom stereocenters. The lowest BCUT2D eigenvalue weighted by atomic mass is 9.97. The van der Waals surface area contributed by atoms with E-state index < -0.39 is 23.6 Å². The molecule has 0 aromatic heterocycles. The molecule has 0 saturated heterocycles. The maximum atomic E-state index is 12.4. The summed E-state index contributed by atoms with van der Waals surface area (Å²) in [5, 5.41) is 0. The molecule has 0 heterocycles. The fourth-order valence-electron chi connectivity index (χ4n) is 2.61. The van der Waals surface area contributed by atoms with Gasteiger partial charge in [-0.3, -0.25) is 4.79 Å². The van der Waals surface area contributed by atoms with Crippen LogP contribution >= 0.6 is 0 Å². The van der Waals surface area contributed by atoms with E-state index in [2.05, 4.69) is 0 Å². The Kier molecular flexibility index (Phi) is 6.96. The Morgan fingerprint density at radius 2 is 1.67 bits per heavy atom. The summed E-state index contributed by atoms with van der Waals surface area (Å²) >= 11 is 0. The molecule has 0 aliphatic heterocycles. The zero-order valence-corrected chi connectivity index (χ0v) is 15.7. The van der Waals surface area contributed by atoms with E-state index in [4.69, 9.17) is 14.2 Å². The molecule has 1 atom stereocenters. The van der Waals surface area contributed by atoms with Gasteiger partial charge < -0.3 is 14.2 Å². The Bertz CT molecular complexity index is 581. The molecule has 0 bridgehead atoms. The van der Waals surface area contributed by atoms with Crippen molar-refractivity contribution >= 4 is 11.9 Å². The number of hydrogen-bond donors (Lipinski definition) is 0. The van der Waals surface area contributed by atoms with E-state index in [1.807, 2.05) is 32.9 Å². The number of benzene rings is 1. The van der Waals surface area contributed by atoms with Gasteiger partial charge in [-0.2, -0.15) is 0 Å². The molecular formula is C19H28O5. The molecule has 5 heteroatoms. The van der Waals surface area contributed by atoms with Crippen LogP contribution in [-0.4, -0.2) is 37.4 Å². The van der Waals surface area contributed by atoms with Crippen LogP contribution in [0.2, 0.25) is 0 Å². The highest BCUT2D eigenvalue weighted by Gasteiger charge is 2.40. The molecule has 24 heavy (non-hydrogen) atoms. The first-order valence-electron chi connectivity index (χ1n) is 8.10. The second kappa shape index (κ2) is 8.29. The number of ether oxygens (including phenoxy) is 3. The van der Waals surface area contributed by atoms with Crippen LogP contribution < -0.4 is 0 Å². The lowest BCUT2D eigenvalue weighted by Gasteiger charge is -2.30. The maximum absolute atomic E-state index is 12.4. The minimum absolute atomic E-state index is 0.105. The van der Waals surface area contributed by atoms with Crippen LogP contribution in [0.4, 0.5) is 0 Å². The Labute approximate surface area is 144 Å². The molecule has 0 amide bonds. The minimum Gasteiger partial charge on any atom is -0.463 e. The first kappa shape index (κ1) is 20.2. The molecule has 1 rings (SSSR count). The molecule has 0 fully saturated rings. The second-order valence-electron chi connectivity index (χ2n) is 6.48. The molecule has 5 nitrogen and oxygen atoms in total. The fraction of sp³-hybridized carbons (Fsp3) is 0.579. The third kappa shape index (κ3) is 5.06. The normalized spacial score (nSPS) is 12.6. The highest BCUT2D eigenvalue weighted by Crippen LogP contribution is 2.21. The van der Waals surface area contributed by atoms with Crippen LogP contribution in [0.1, 0.15) is 43.0 Å². The highest BCUT2D eigenvalue weighted by atomic mass is 16.6. The van der Waals surface area contributed by atoms with E-state index in [1.165, 1.54) is 7.11 Å². The molecule has 0 saturated carbocycles. The summed E-state index contributed by atoms with van der Waals surface area (Å²) in [6.45, 7) is 11.2. The monoisotopic (exact) mass is 336 g/mol. The molecule has 1 aromatic carbocycles. The van der Waals surface area contributed by atoms with Crippen LogP contribution in [-0.2, 0) is 30.2 Å². The summed E-state index contributed by atoms with van der Waals surface area (Å²) in [5.74, 6) is -1.08. The first-order chi connectivity index (χ1) is 11.1. The molecule has 0 aliphatic carbocycles. The SMILES string of the molecule is CCOC(=O)C(OC(=O)Cc1c(C)cc(C)cc1C)C(C)(C)OC. The topological polar surface area (TPSA) is 61.8 Å². The van der Waals surface area contributed by atoms with Gasteiger partial charge in [0.1, 0.15) is 5.60 Å². The van der Waals surface area contributed by atoms with Gasteiger partial charge in [-0.25, -0.2) is 4.79 Å². The highest BCUT2D eigenvalue weighted by molar-refractivity contribution is 5.81. The number of rotatable bonds is 7. The third-order valence-electron chi connectivity index (χ3n) is 4.07. The standard InChI is InChI=1S/C19H28O5/c1-8-23-18(21)17(19(5,6)22-7)24-16(20)11-15-13(3)9-12(2)10-14(15)4/h9-10,17H,8,11H2,1-7H3. The van der Waals surface area contributed by atoms with Gasteiger partial charge in [0.2, 0.25) is 6.10 Å². The quantitative estimate of drug-likeness (QED) is 0.716. The first-order valence-corrected chi connectivity index (χ1v) is 8.10. The Morgan fingerprint density at radius 1 is 1.12 bits per heavy atom. The maximum Gasteiger partial charge on any atom is 0.350 e. The number of esters is 2. The molecule has 134 valence electrons. The van der Waals surface area contributed by atoms with Crippen molar-refractivity contribution in [3.05, 3.63) is 34.4 Å². The molecule has 1 aromatic rings. The predicted octanol–water partition coefficient (Wildman–Crippen LogP) is 3.05. The Morgan fingerprint density at radius 3 is 2.12 bits per heavy atom. The van der Waals surface area contributed by atoms with Gasteiger partial charge in [0, 0.05) is 7.11 Å². The molecular weight excluding hydrogens is 308 g/mol. The van der Waals surface area contributed by atoms with Gasteiger partial charge >= 0.3 is 11.9 Å². The summed E-state index contributed by atoms with van der Waals surface area (Å²) in [5.41, 5.74) is 3.15. The van der Waals surface area contributed by atoms with Gasteiger partial charge in [-0.1, -0.05) is 17.7 Å². The molecule has 0 N–H and O–H groups in total. The van der Waals surface area contributed by atoms with Crippen LogP contribution in [0.5, 0.6) is 0 Å². The number of methoxy groups -OCH3 is 1. The number of aryl methyl sites for hydroxylation is 3. The van der Waals surface area contributed by atoms with Gasteiger partial charge in [-0.05, 0) is 58.2 Å². The van der Waals surface area contributed by atoms with Crippen LogP contribution in [0.25, 0.3) is 0 Å². The van der Waals surface area contributed by atoms with Gasteiger partial charge in [0.15, 0.2) is 0 Å². The van der Waals surface area contributed by atoms with Crippen molar-refractivity contribution in [2.45, 2.75) is 59.7 Å². The summed E-state index contributed by atoms with van der Waals surface area (Å²) in [4.78, 5) is 24.5. The van der Waals surface area contributed by atoms with Crippen molar-refractivity contribution in [1.82, 2.24) is 0 Å². The van der Waals surface area contributed by atoms with Crippen molar-refractivity contribution in [2.24, 2.45) is 0 Å². The predicted molar refractivity (Wildman–Crippen MR) is 92.0 cm³/mol. The smallest absolute Gasteiger partial charge is 0.350 e. The van der Waals surface area contributed by atoms with E-state index in [0.29, 0.717) is 0 Å². The summed E-state index contributed by atoms with van der Waals surface area (Å²) in [7, 11) is 1.47. The number of carbonyl (C=O) groups excluding carboxylic acids is 2. The van der Waals surface area contributed by atoms with Crippen molar-refractivity contribution in [3.8, 4) is 0 Å². The summed E-state index contributed by atoms with van der Waals surface area (Å²) in [6, 6.07) is 4.05. The second-order valence-corrected chi connectivity index (χ2v) is 6.48. The number of hydrogen-bond acceptors (Lipinski definition) is 5. The van der Waals surface area contributed by atoms with E-state index >= 15 is 0 Å². The third-order valence-corrected chi connectivity index (χ3v) is 4.07. The van der Waals surface area contributed by atoms with Gasteiger partial charge in [0.05, 0.1) is 13.0 Å². The van der Waals surface area contributed by atoms with E-state index in [0.717, 1.165) is 22.3 Å². The lowest BCUT2D eigenvalue weighted by molar-refractivity contribution is -0.185. The van der Waals surface area contributed by atoms with Crippen LogP contribution in [0.15, 0.2) is 12.1 Å². The number of carbonyl (C=O) groups is 2. The molecule has 0 spiro atoms. The zero-order valence-electron chi connectivity index (χ0n) is 15.7. The molecule has 0 radical (unpaired) electrons. The summed E-state index contributed by atoms with van der Waals surface area (Å²) < 4.78 is 15.7. The van der Waals surface area contributed by atoms with Crippen LogP contribution in [0, 0.1) is 20.8 Å². The van der Waals surface area contributed by atoms with Crippen molar-refractivity contribution in [2.75, 3.05) is 13.7 Å². The largest absolute Gasteiger partial charge is 0.463 e. The average Bonchev–Trinajstić information content (AvgIpc) is 2.48. The van der Waals surface area contributed by atoms with Gasteiger partial charge in [-0.15, -0.1) is 0 Å². The van der Waals surface area contributed by atoms with Crippen molar-refractivity contribution in [3.63, 3.8) is 0 Å². The Hall–Kier alpha value is -1.88. The molecule has 0 aliphatic rings. The minimum atomic E-state index is -1.11. The van der Waals surface area contributed by atoms with Crippen LogP contribution in [0.3, 0.4) is 0 Å². The summed E-state index contributed by atoms with van der Waals surface area (Å²) in [6.07, 6.45) is -1.01. The van der Waals surface area contributed by atoms with Crippen molar-refractivity contribution in [1.29, 1.82) is 0 Å².